The van der Waals surface area contributed by atoms with E-state index in [1.54, 1.807) is 18.2 Å². The highest BCUT2D eigenvalue weighted by molar-refractivity contribution is 5.91. The Morgan fingerprint density at radius 3 is 2.45 bits per heavy atom. The molecule has 0 aliphatic heterocycles. The van der Waals surface area contributed by atoms with Crippen LogP contribution in [0.15, 0.2) is 42.5 Å². The number of hydrogen-bond donors (Lipinski definition) is 2. The summed E-state index contributed by atoms with van der Waals surface area (Å²) >= 11 is 0. The number of benzene rings is 2. The molecule has 0 atom stereocenters. The third-order valence-corrected chi connectivity index (χ3v) is 3.25. The van der Waals surface area contributed by atoms with Gasteiger partial charge in [0, 0.05) is 18.2 Å². The second-order valence-electron chi connectivity index (χ2n) is 5.04. The molecule has 0 aromatic heterocycles. The number of carbonyl (C=O) groups excluding carboxylic acids is 1. The van der Waals surface area contributed by atoms with Gasteiger partial charge in [0.1, 0.15) is 5.75 Å². The highest BCUT2D eigenvalue weighted by atomic mass is 16.3. The van der Waals surface area contributed by atoms with Crippen LogP contribution in [0, 0.1) is 13.8 Å². The van der Waals surface area contributed by atoms with Crippen LogP contribution >= 0.6 is 0 Å². The molecular formula is C17H19NO2. The molecule has 1 amide bonds. The van der Waals surface area contributed by atoms with Gasteiger partial charge in [0.15, 0.2) is 0 Å². The maximum atomic E-state index is 11.9. The zero-order chi connectivity index (χ0) is 14.5. The van der Waals surface area contributed by atoms with E-state index in [2.05, 4.69) is 5.32 Å². The van der Waals surface area contributed by atoms with Gasteiger partial charge in [-0.1, -0.05) is 35.9 Å². The van der Waals surface area contributed by atoms with E-state index in [-0.39, 0.29) is 11.7 Å². The van der Waals surface area contributed by atoms with E-state index in [4.69, 9.17) is 0 Å². The summed E-state index contributed by atoms with van der Waals surface area (Å²) in [4.78, 5) is 11.9. The lowest BCUT2D eigenvalue weighted by Gasteiger charge is -2.07. The third kappa shape index (κ3) is 3.85. The molecule has 0 heterocycles. The maximum Gasteiger partial charge on any atom is 0.224 e. The number of aryl methyl sites for hydroxylation is 3. The summed E-state index contributed by atoms with van der Waals surface area (Å²) < 4.78 is 0. The average Bonchev–Trinajstić information content (AvgIpc) is 2.42. The van der Waals surface area contributed by atoms with Crippen molar-refractivity contribution in [3.8, 4) is 5.75 Å². The van der Waals surface area contributed by atoms with Gasteiger partial charge >= 0.3 is 0 Å². The minimum Gasteiger partial charge on any atom is -0.508 e. The summed E-state index contributed by atoms with van der Waals surface area (Å²) in [7, 11) is 0. The molecule has 0 saturated carbocycles. The van der Waals surface area contributed by atoms with Crippen molar-refractivity contribution in [2.45, 2.75) is 26.7 Å². The summed E-state index contributed by atoms with van der Waals surface area (Å²) in [5.74, 6) is 0.148. The molecular weight excluding hydrogens is 250 g/mol. The number of aromatic hydroxyl groups is 1. The molecule has 0 saturated heterocycles. The molecule has 0 bridgehead atoms. The summed E-state index contributed by atoms with van der Waals surface area (Å²) in [6, 6.07) is 13.3. The lowest BCUT2D eigenvalue weighted by atomic mass is 10.1. The fourth-order valence-corrected chi connectivity index (χ4v) is 1.92. The van der Waals surface area contributed by atoms with Gasteiger partial charge in [0.2, 0.25) is 5.91 Å². The van der Waals surface area contributed by atoms with Crippen LogP contribution in [-0.2, 0) is 11.2 Å². The predicted molar refractivity (Wildman–Crippen MR) is 81.0 cm³/mol. The van der Waals surface area contributed by atoms with Gasteiger partial charge in [0.25, 0.3) is 0 Å². The molecule has 0 aliphatic rings. The van der Waals surface area contributed by atoms with Crippen molar-refractivity contribution in [3.63, 3.8) is 0 Å². The van der Waals surface area contributed by atoms with E-state index in [9.17, 15) is 9.90 Å². The standard InChI is InChI=1S/C17H19NO2/c1-12-3-6-14(7-4-12)8-10-17(20)18-15-9-5-13(2)16(19)11-15/h3-7,9,11,19H,8,10H2,1-2H3,(H,18,20). The van der Waals surface area contributed by atoms with Crippen LogP contribution < -0.4 is 5.32 Å². The van der Waals surface area contributed by atoms with Crippen LogP contribution in [0.5, 0.6) is 5.75 Å². The van der Waals surface area contributed by atoms with Crippen molar-refractivity contribution >= 4 is 11.6 Å². The van der Waals surface area contributed by atoms with Crippen LogP contribution in [0.4, 0.5) is 5.69 Å². The Morgan fingerprint density at radius 1 is 1.10 bits per heavy atom. The molecule has 0 fully saturated rings. The molecule has 3 nitrogen and oxygen atoms in total. The van der Waals surface area contributed by atoms with E-state index in [1.165, 1.54) is 5.56 Å². The lowest BCUT2D eigenvalue weighted by Crippen LogP contribution is -2.12. The third-order valence-electron chi connectivity index (χ3n) is 3.25. The van der Waals surface area contributed by atoms with Crippen LogP contribution in [-0.4, -0.2) is 11.0 Å². The Hall–Kier alpha value is -2.29. The van der Waals surface area contributed by atoms with Crippen LogP contribution in [0.1, 0.15) is 23.1 Å². The molecule has 104 valence electrons. The van der Waals surface area contributed by atoms with Crippen LogP contribution in [0.25, 0.3) is 0 Å². The van der Waals surface area contributed by atoms with E-state index in [0.717, 1.165) is 11.1 Å². The van der Waals surface area contributed by atoms with Crippen molar-refractivity contribution in [2.24, 2.45) is 0 Å². The van der Waals surface area contributed by atoms with Gasteiger partial charge in [-0.05, 0) is 37.5 Å². The fraction of sp³-hybridized carbons (Fsp3) is 0.235. The van der Waals surface area contributed by atoms with Crippen molar-refractivity contribution < 1.29 is 9.90 Å². The number of hydrogen-bond acceptors (Lipinski definition) is 2. The lowest BCUT2D eigenvalue weighted by molar-refractivity contribution is -0.116. The maximum absolute atomic E-state index is 11.9. The molecule has 2 aromatic rings. The van der Waals surface area contributed by atoms with Gasteiger partial charge in [-0.15, -0.1) is 0 Å². The second-order valence-corrected chi connectivity index (χ2v) is 5.04. The first-order valence-electron chi connectivity index (χ1n) is 6.69. The first-order chi connectivity index (χ1) is 9.54. The Morgan fingerprint density at radius 2 is 1.80 bits per heavy atom. The van der Waals surface area contributed by atoms with E-state index in [1.807, 2.05) is 38.1 Å². The number of rotatable bonds is 4. The number of anilines is 1. The minimum atomic E-state index is -0.0474. The van der Waals surface area contributed by atoms with E-state index < -0.39 is 0 Å². The van der Waals surface area contributed by atoms with Crippen LogP contribution in [0.2, 0.25) is 0 Å². The summed E-state index contributed by atoms with van der Waals surface area (Å²) in [5.41, 5.74) is 3.79. The van der Waals surface area contributed by atoms with E-state index in [0.29, 0.717) is 18.5 Å². The molecule has 0 aliphatic carbocycles. The highest BCUT2D eigenvalue weighted by Gasteiger charge is 2.05. The zero-order valence-electron chi connectivity index (χ0n) is 11.8. The highest BCUT2D eigenvalue weighted by Crippen LogP contribution is 2.21. The first kappa shape index (κ1) is 14.1. The fourth-order valence-electron chi connectivity index (χ4n) is 1.92. The second kappa shape index (κ2) is 6.24. The summed E-state index contributed by atoms with van der Waals surface area (Å²) in [5, 5.41) is 12.4. The summed E-state index contributed by atoms with van der Waals surface area (Å²) in [6.45, 7) is 3.86. The van der Waals surface area contributed by atoms with Gasteiger partial charge in [-0.2, -0.15) is 0 Å². The molecule has 2 aromatic carbocycles. The van der Waals surface area contributed by atoms with Gasteiger partial charge in [0.05, 0.1) is 0 Å². The Bertz CT molecular complexity index is 603. The molecule has 20 heavy (non-hydrogen) atoms. The quantitative estimate of drug-likeness (QED) is 0.891. The molecule has 0 radical (unpaired) electrons. The van der Waals surface area contributed by atoms with Crippen molar-refractivity contribution in [1.29, 1.82) is 0 Å². The molecule has 0 spiro atoms. The normalized spacial score (nSPS) is 10.3. The largest absolute Gasteiger partial charge is 0.508 e. The number of amides is 1. The van der Waals surface area contributed by atoms with Crippen molar-refractivity contribution in [1.82, 2.24) is 0 Å². The average molecular weight is 269 g/mol. The first-order valence-corrected chi connectivity index (χ1v) is 6.69. The van der Waals surface area contributed by atoms with E-state index >= 15 is 0 Å². The summed E-state index contributed by atoms with van der Waals surface area (Å²) in [6.07, 6.45) is 1.14. The van der Waals surface area contributed by atoms with Crippen molar-refractivity contribution in [3.05, 3.63) is 59.2 Å². The monoisotopic (exact) mass is 269 g/mol. The van der Waals surface area contributed by atoms with Gasteiger partial charge in [-0.3, -0.25) is 4.79 Å². The Balaban J connectivity index is 1.89. The Kier molecular flexibility index (Phi) is 4.41. The zero-order valence-corrected chi connectivity index (χ0v) is 11.8. The molecule has 2 rings (SSSR count). The molecule has 0 unspecified atom stereocenters. The SMILES string of the molecule is Cc1ccc(CCC(=O)Nc2ccc(C)c(O)c2)cc1. The topological polar surface area (TPSA) is 49.3 Å². The van der Waals surface area contributed by atoms with Crippen LogP contribution in [0.3, 0.4) is 0 Å². The minimum absolute atomic E-state index is 0.0474. The van der Waals surface area contributed by atoms with Crippen molar-refractivity contribution in [2.75, 3.05) is 5.32 Å². The number of carbonyl (C=O) groups is 1. The van der Waals surface area contributed by atoms with Gasteiger partial charge < -0.3 is 10.4 Å². The smallest absolute Gasteiger partial charge is 0.224 e. The number of phenolic OH excluding ortho intramolecular Hbond substituents is 1. The Labute approximate surface area is 119 Å². The molecule has 2 N–H and O–H groups in total. The predicted octanol–water partition coefficient (Wildman–Crippen LogP) is 3.58. The number of nitrogens with one attached hydrogen (secondary N) is 1. The van der Waals surface area contributed by atoms with Gasteiger partial charge in [-0.25, -0.2) is 0 Å². The number of phenols is 1. The molecule has 3 heteroatoms.